The Morgan fingerprint density at radius 2 is 2.04 bits per heavy atom. The van der Waals surface area contributed by atoms with E-state index in [0.29, 0.717) is 13.1 Å². The van der Waals surface area contributed by atoms with Crippen molar-refractivity contribution in [3.63, 3.8) is 0 Å². The number of hydrogen-bond acceptors (Lipinski definition) is 2. The lowest BCUT2D eigenvalue weighted by Crippen LogP contribution is -2.48. The van der Waals surface area contributed by atoms with Crippen LogP contribution in [0.15, 0.2) is 30.5 Å². The van der Waals surface area contributed by atoms with Gasteiger partial charge < -0.3 is 19.9 Å². The maximum absolute atomic E-state index is 12.6. The molecular formula is C19H27N3O2. The monoisotopic (exact) mass is 329 g/mol. The molecule has 1 saturated heterocycles. The molecule has 2 heterocycles. The van der Waals surface area contributed by atoms with Crippen molar-refractivity contribution in [2.45, 2.75) is 58.4 Å². The average molecular weight is 329 g/mol. The van der Waals surface area contributed by atoms with Crippen molar-refractivity contribution in [1.82, 2.24) is 15.2 Å². The summed E-state index contributed by atoms with van der Waals surface area (Å²) >= 11 is 0. The second-order valence-corrected chi connectivity index (χ2v) is 6.79. The summed E-state index contributed by atoms with van der Waals surface area (Å²) in [7, 11) is 0. The molecule has 3 rings (SSSR count). The Bertz CT molecular complexity index is 687. The highest BCUT2D eigenvalue weighted by Crippen LogP contribution is 2.20. The van der Waals surface area contributed by atoms with Gasteiger partial charge in [-0.3, -0.25) is 0 Å². The van der Waals surface area contributed by atoms with Crippen LogP contribution in [0.5, 0.6) is 0 Å². The molecule has 2 amide bonds. The molecular weight excluding hydrogens is 302 g/mol. The average Bonchev–Trinajstić information content (AvgIpc) is 2.99. The number of hydrogen-bond donors (Lipinski definition) is 2. The molecule has 2 aromatic rings. The number of rotatable bonds is 4. The summed E-state index contributed by atoms with van der Waals surface area (Å²) < 4.78 is 5.75. The van der Waals surface area contributed by atoms with Gasteiger partial charge in [-0.2, -0.15) is 0 Å². The minimum atomic E-state index is 0.0120. The first-order chi connectivity index (χ1) is 11.5. The van der Waals surface area contributed by atoms with Gasteiger partial charge in [0.2, 0.25) is 0 Å². The fourth-order valence-electron chi connectivity index (χ4n) is 3.54. The zero-order valence-corrected chi connectivity index (χ0v) is 14.7. The summed E-state index contributed by atoms with van der Waals surface area (Å²) in [5.41, 5.74) is 2.27. The molecule has 1 aliphatic heterocycles. The predicted molar refractivity (Wildman–Crippen MR) is 95.9 cm³/mol. The van der Waals surface area contributed by atoms with Crippen molar-refractivity contribution in [1.29, 1.82) is 0 Å². The topological polar surface area (TPSA) is 57.4 Å². The molecule has 1 fully saturated rings. The Morgan fingerprint density at radius 3 is 2.75 bits per heavy atom. The molecule has 5 heteroatoms. The highest BCUT2D eigenvalue weighted by molar-refractivity contribution is 5.80. The number of urea groups is 1. The third kappa shape index (κ3) is 3.90. The van der Waals surface area contributed by atoms with Crippen LogP contribution in [0.2, 0.25) is 0 Å². The summed E-state index contributed by atoms with van der Waals surface area (Å²) in [6.45, 7) is 7.46. The summed E-state index contributed by atoms with van der Waals surface area (Å²) in [6, 6.07) is 8.54. The van der Waals surface area contributed by atoms with E-state index < -0.39 is 0 Å². The normalized spacial score (nSPS) is 24.0. The van der Waals surface area contributed by atoms with Crippen molar-refractivity contribution in [2.24, 2.45) is 0 Å². The van der Waals surface area contributed by atoms with Gasteiger partial charge in [0.25, 0.3) is 0 Å². The van der Waals surface area contributed by atoms with Gasteiger partial charge in [-0.15, -0.1) is 0 Å². The van der Waals surface area contributed by atoms with Crippen LogP contribution in [-0.2, 0) is 11.3 Å². The standard InChI is InChI=1S/C19H27N3O2/c1-4-22(12-15-5-6-18-16(11-15)7-8-20-18)19(23)21-17-9-13(2)24-14(3)10-17/h5-8,11,13-14,17,20H,4,9-10,12H2,1-3H3,(H,21,23)/t13-,14-/m1/s1. The Balaban J connectivity index is 1.63. The van der Waals surface area contributed by atoms with Crippen molar-refractivity contribution in [3.8, 4) is 0 Å². The molecule has 0 aliphatic carbocycles. The maximum Gasteiger partial charge on any atom is 0.317 e. The van der Waals surface area contributed by atoms with E-state index in [0.717, 1.165) is 23.9 Å². The highest BCUT2D eigenvalue weighted by Gasteiger charge is 2.26. The number of H-pyrrole nitrogens is 1. The first kappa shape index (κ1) is 16.8. The quantitative estimate of drug-likeness (QED) is 0.899. The molecule has 0 bridgehead atoms. The number of carbonyl (C=O) groups is 1. The first-order valence-electron chi connectivity index (χ1n) is 8.82. The number of benzene rings is 1. The van der Waals surface area contributed by atoms with Crippen molar-refractivity contribution in [2.75, 3.05) is 6.54 Å². The van der Waals surface area contributed by atoms with Gasteiger partial charge >= 0.3 is 6.03 Å². The van der Waals surface area contributed by atoms with E-state index in [-0.39, 0.29) is 24.3 Å². The SMILES string of the molecule is CCN(Cc1ccc2[nH]ccc2c1)C(=O)NC1C[C@@H](C)O[C@H](C)C1. The number of fused-ring (bicyclic) bond motifs is 1. The fraction of sp³-hybridized carbons (Fsp3) is 0.526. The van der Waals surface area contributed by atoms with Crippen LogP contribution in [0.1, 0.15) is 39.2 Å². The van der Waals surface area contributed by atoms with Gasteiger partial charge in [-0.1, -0.05) is 6.07 Å². The van der Waals surface area contributed by atoms with Gasteiger partial charge in [-0.25, -0.2) is 4.79 Å². The van der Waals surface area contributed by atoms with E-state index in [2.05, 4.69) is 48.4 Å². The second kappa shape index (κ2) is 7.26. The minimum absolute atomic E-state index is 0.0120. The number of aromatic nitrogens is 1. The Labute approximate surface area is 143 Å². The molecule has 0 unspecified atom stereocenters. The number of ether oxygens (including phenoxy) is 1. The van der Waals surface area contributed by atoms with Crippen molar-refractivity contribution >= 4 is 16.9 Å². The van der Waals surface area contributed by atoms with Gasteiger partial charge in [0.15, 0.2) is 0 Å². The molecule has 0 saturated carbocycles. The fourth-order valence-corrected chi connectivity index (χ4v) is 3.54. The lowest BCUT2D eigenvalue weighted by molar-refractivity contribution is -0.0407. The van der Waals surface area contributed by atoms with Crippen molar-refractivity contribution in [3.05, 3.63) is 36.0 Å². The highest BCUT2D eigenvalue weighted by atomic mass is 16.5. The van der Waals surface area contributed by atoms with Gasteiger partial charge in [-0.05, 0) is 62.8 Å². The number of amides is 2. The molecule has 5 nitrogen and oxygen atoms in total. The molecule has 0 radical (unpaired) electrons. The molecule has 1 aromatic heterocycles. The summed E-state index contributed by atoms with van der Waals surface area (Å²) in [4.78, 5) is 17.7. The molecule has 130 valence electrons. The minimum Gasteiger partial charge on any atom is -0.375 e. The zero-order valence-electron chi connectivity index (χ0n) is 14.7. The van der Waals surface area contributed by atoms with E-state index in [1.807, 2.05) is 18.0 Å². The van der Waals surface area contributed by atoms with Gasteiger partial charge in [0.05, 0.1) is 12.2 Å². The summed E-state index contributed by atoms with van der Waals surface area (Å²) in [5, 5.41) is 4.36. The molecule has 2 N–H and O–H groups in total. The zero-order chi connectivity index (χ0) is 17.1. The van der Waals surface area contributed by atoms with E-state index in [9.17, 15) is 4.79 Å². The van der Waals surface area contributed by atoms with Crippen LogP contribution in [-0.4, -0.2) is 40.7 Å². The summed E-state index contributed by atoms with van der Waals surface area (Å²) in [5.74, 6) is 0. The third-order valence-electron chi connectivity index (χ3n) is 4.69. The Kier molecular flexibility index (Phi) is 5.09. The predicted octanol–water partition coefficient (Wildman–Crippen LogP) is 3.66. The molecule has 1 aliphatic rings. The molecule has 2 atom stereocenters. The van der Waals surface area contributed by atoms with Gasteiger partial charge in [0, 0.05) is 30.8 Å². The number of nitrogens with one attached hydrogen (secondary N) is 2. The molecule has 1 aromatic carbocycles. The summed E-state index contributed by atoms with van der Waals surface area (Å²) in [6.07, 6.45) is 4.09. The maximum atomic E-state index is 12.6. The van der Waals surface area contributed by atoms with E-state index in [1.54, 1.807) is 0 Å². The van der Waals surface area contributed by atoms with Gasteiger partial charge in [0.1, 0.15) is 0 Å². The molecule has 24 heavy (non-hydrogen) atoms. The first-order valence-corrected chi connectivity index (χ1v) is 8.82. The largest absolute Gasteiger partial charge is 0.375 e. The number of aromatic amines is 1. The number of nitrogens with zero attached hydrogens (tertiary/aromatic N) is 1. The third-order valence-corrected chi connectivity index (χ3v) is 4.69. The van der Waals surface area contributed by atoms with E-state index in [1.165, 1.54) is 5.39 Å². The number of carbonyl (C=O) groups excluding carboxylic acids is 1. The van der Waals surface area contributed by atoms with Crippen LogP contribution in [0.25, 0.3) is 10.9 Å². The lowest BCUT2D eigenvalue weighted by atomic mass is 10.00. The smallest absolute Gasteiger partial charge is 0.317 e. The van der Waals surface area contributed by atoms with E-state index >= 15 is 0 Å². The Hall–Kier alpha value is -2.01. The van der Waals surface area contributed by atoms with Crippen LogP contribution in [0.3, 0.4) is 0 Å². The Morgan fingerprint density at radius 1 is 1.29 bits per heavy atom. The van der Waals surface area contributed by atoms with Crippen LogP contribution >= 0.6 is 0 Å². The second-order valence-electron chi connectivity index (χ2n) is 6.79. The van der Waals surface area contributed by atoms with E-state index in [4.69, 9.17) is 4.74 Å². The molecule has 0 spiro atoms. The van der Waals surface area contributed by atoms with Crippen LogP contribution in [0.4, 0.5) is 4.79 Å². The van der Waals surface area contributed by atoms with Crippen molar-refractivity contribution < 1.29 is 9.53 Å². The lowest BCUT2D eigenvalue weighted by Gasteiger charge is -2.34. The van der Waals surface area contributed by atoms with Crippen LogP contribution < -0.4 is 5.32 Å². The van der Waals surface area contributed by atoms with Crippen LogP contribution in [0, 0.1) is 0 Å².